The van der Waals surface area contributed by atoms with Crippen LogP contribution in [0.4, 0.5) is 5.69 Å². The van der Waals surface area contributed by atoms with Crippen molar-refractivity contribution in [2.24, 2.45) is 0 Å². The van der Waals surface area contributed by atoms with Crippen molar-refractivity contribution in [1.82, 2.24) is 4.90 Å². The lowest BCUT2D eigenvalue weighted by Crippen LogP contribution is -2.48. The van der Waals surface area contributed by atoms with Crippen LogP contribution in [0.1, 0.15) is 26.2 Å². The summed E-state index contributed by atoms with van der Waals surface area (Å²) in [5, 5.41) is 0.436. The van der Waals surface area contributed by atoms with Gasteiger partial charge in [-0.15, -0.1) is 0 Å². The first-order valence-corrected chi connectivity index (χ1v) is 11.4. The van der Waals surface area contributed by atoms with Crippen LogP contribution in [-0.2, 0) is 14.8 Å². The van der Waals surface area contributed by atoms with E-state index in [0.717, 1.165) is 23.6 Å². The number of hydrogen-bond acceptors (Lipinski definition) is 4. The minimum Gasteiger partial charge on any atom is -0.495 e. The zero-order valence-corrected chi connectivity index (χ0v) is 18.1. The Balaban J connectivity index is 2.02. The molecule has 156 valence electrons. The number of rotatable bonds is 6. The highest BCUT2D eigenvalue weighted by atomic mass is 35.5. The Morgan fingerprint density at radius 3 is 2.52 bits per heavy atom. The van der Waals surface area contributed by atoms with Gasteiger partial charge in [0.1, 0.15) is 12.3 Å². The maximum atomic E-state index is 13.5. The molecule has 6 nitrogen and oxygen atoms in total. The van der Waals surface area contributed by atoms with Gasteiger partial charge in [-0.25, -0.2) is 8.42 Å². The second kappa shape index (κ2) is 9.05. The minimum absolute atomic E-state index is 0.0623. The van der Waals surface area contributed by atoms with Gasteiger partial charge in [-0.3, -0.25) is 9.10 Å². The molecule has 2 aromatic rings. The summed E-state index contributed by atoms with van der Waals surface area (Å²) in [6.45, 7) is 2.34. The first-order chi connectivity index (χ1) is 13.8. The van der Waals surface area contributed by atoms with Crippen molar-refractivity contribution in [3.05, 3.63) is 53.6 Å². The molecule has 1 aliphatic heterocycles. The Kier molecular flexibility index (Phi) is 6.70. The molecule has 0 radical (unpaired) electrons. The van der Waals surface area contributed by atoms with Crippen LogP contribution in [0.25, 0.3) is 0 Å². The quantitative estimate of drug-likeness (QED) is 0.687. The van der Waals surface area contributed by atoms with Crippen molar-refractivity contribution in [2.45, 2.75) is 37.1 Å². The Hall–Kier alpha value is -2.25. The number of likely N-dealkylation sites (tertiary alicyclic amines) is 1. The van der Waals surface area contributed by atoms with Crippen LogP contribution in [-0.4, -0.2) is 45.5 Å². The van der Waals surface area contributed by atoms with Crippen LogP contribution in [0, 0.1) is 0 Å². The Labute approximate surface area is 177 Å². The molecule has 0 bridgehead atoms. The molecule has 0 saturated carbocycles. The third-order valence-electron chi connectivity index (χ3n) is 5.16. The zero-order valence-electron chi connectivity index (χ0n) is 16.5. The van der Waals surface area contributed by atoms with Gasteiger partial charge in [0, 0.05) is 17.6 Å². The highest BCUT2D eigenvalue weighted by Crippen LogP contribution is 2.33. The van der Waals surface area contributed by atoms with Gasteiger partial charge >= 0.3 is 0 Å². The fraction of sp³-hybridized carbons (Fsp3) is 0.381. The van der Waals surface area contributed by atoms with E-state index in [0.29, 0.717) is 23.0 Å². The average Bonchev–Trinajstić information content (AvgIpc) is 2.72. The number of amides is 1. The molecular formula is C21H25ClN2O4S. The first-order valence-electron chi connectivity index (χ1n) is 9.55. The van der Waals surface area contributed by atoms with E-state index < -0.39 is 10.0 Å². The maximum Gasteiger partial charge on any atom is 0.264 e. The third-order valence-corrected chi connectivity index (χ3v) is 7.18. The van der Waals surface area contributed by atoms with Crippen molar-refractivity contribution in [2.75, 3.05) is 24.5 Å². The van der Waals surface area contributed by atoms with E-state index in [4.69, 9.17) is 16.3 Å². The summed E-state index contributed by atoms with van der Waals surface area (Å²) in [5.41, 5.74) is 0.322. The number of piperidine rings is 1. The summed E-state index contributed by atoms with van der Waals surface area (Å²) < 4.78 is 33.4. The van der Waals surface area contributed by atoms with Crippen LogP contribution in [0.5, 0.6) is 5.75 Å². The van der Waals surface area contributed by atoms with Gasteiger partial charge in [0.15, 0.2) is 0 Å². The van der Waals surface area contributed by atoms with Crippen molar-refractivity contribution in [1.29, 1.82) is 0 Å². The number of hydrogen-bond donors (Lipinski definition) is 0. The molecule has 1 saturated heterocycles. The van der Waals surface area contributed by atoms with Crippen molar-refractivity contribution in [3.8, 4) is 5.75 Å². The Bertz CT molecular complexity index is 963. The van der Waals surface area contributed by atoms with E-state index in [1.165, 1.54) is 31.4 Å². The SMILES string of the molecule is COc1ccccc1N(CC(=O)N1CCCC[C@@H]1C)S(=O)(=O)c1ccc(Cl)cc1. The highest BCUT2D eigenvalue weighted by Gasteiger charge is 2.32. The highest BCUT2D eigenvalue weighted by molar-refractivity contribution is 7.92. The molecular weight excluding hydrogens is 412 g/mol. The lowest BCUT2D eigenvalue weighted by molar-refractivity contribution is -0.132. The van der Waals surface area contributed by atoms with E-state index in [1.54, 1.807) is 29.2 Å². The zero-order chi connectivity index (χ0) is 21.0. The molecule has 2 aromatic carbocycles. The second-order valence-electron chi connectivity index (χ2n) is 7.07. The van der Waals surface area contributed by atoms with Gasteiger partial charge in [0.05, 0.1) is 17.7 Å². The number of nitrogens with zero attached hydrogens (tertiary/aromatic N) is 2. The topological polar surface area (TPSA) is 66.9 Å². The van der Waals surface area contributed by atoms with Gasteiger partial charge in [-0.1, -0.05) is 23.7 Å². The molecule has 0 spiro atoms. The summed E-state index contributed by atoms with van der Waals surface area (Å²) >= 11 is 5.92. The standard InChI is InChI=1S/C21H25ClN2O4S/c1-16-7-5-6-14-23(16)21(25)15-24(19-8-3-4-9-20(19)28-2)29(26,27)18-12-10-17(22)11-13-18/h3-4,8-13,16H,5-7,14-15H2,1-2H3/t16-/m0/s1. The smallest absolute Gasteiger partial charge is 0.264 e. The summed E-state index contributed by atoms with van der Waals surface area (Å²) in [4.78, 5) is 14.9. The second-order valence-corrected chi connectivity index (χ2v) is 9.37. The van der Waals surface area contributed by atoms with E-state index in [2.05, 4.69) is 0 Å². The molecule has 1 fully saturated rings. The molecule has 1 atom stereocenters. The van der Waals surface area contributed by atoms with Crippen LogP contribution in [0.15, 0.2) is 53.4 Å². The summed E-state index contributed by atoms with van der Waals surface area (Å²) in [7, 11) is -2.53. The number of carbonyl (C=O) groups excluding carboxylic acids is 1. The molecule has 1 aliphatic rings. The molecule has 0 aromatic heterocycles. The number of carbonyl (C=O) groups is 1. The number of halogens is 1. The molecule has 0 unspecified atom stereocenters. The number of sulfonamides is 1. The van der Waals surface area contributed by atoms with Gasteiger partial charge < -0.3 is 9.64 Å². The van der Waals surface area contributed by atoms with E-state index >= 15 is 0 Å². The van der Waals surface area contributed by atoms with Crippen LogP contribution in [0.2, 0.25) is 5.02 Å². The van der Waals surface area contributed by atoms with E-state index in [1.807, 2.05) is 6.92 Å². The summed E-state index contributed by atoms with van der Waals surface area (Å²) in [6, 6.07) is 12.8. The van der Waals surface area contributed by atoms with Gasteiger partial charge in [-0.2, -0.15) is 0 Å². The van der Waals surface area contributed by atoms with Gasteiger partial charge in [0.25, 0.3) is 10.0 Å². The maximum absolute atomic E-state index is 13.5. The third kappa shape index (κ3) is 4.67. The molecule has 8 heteroatoms. The number of ether oxygens (including phenoxy) is 1. The molecule has 0 aliphatic carbocycles. The number of methoxy groups -OCH3 is 1. The molecule has 29 heavy (non-hydrogen) atoms. The summed E-state index contributed by atoms with van der Waals surface area (Å²) in [6.07, 6.45) is 2.92. The van der Waals surface area contributed by atoms with Crippen molar-refractivity contribution >= 4 is 33.2 Å². The lowest BCUT2D eigenvalue weighted by atomic mass is 10.0. The predicted molar refractivity (Wildman–Crippen MR) is 114 cm³/mol. The first kappa shape index (κ1) is 21.5. The monoisotopic (exact) mass is 436 g/mol. The normalized spacial score (nSPS) is 17.1. The van der Waals surface area contributed by atoms with Crippen LogP contribution in [0.3, 0.4) is 0 Å². The molecule has 0 N–H and O–H groups in total. The Morgan fingerprint density at radius 1 is 1.17 bits per heavy atom. The largest absolute Gasteiger partial charge is 0.495 e. The van der Waals surface area contributed by atoms with E-state index in [9.17, 15) is 13.2 Å². The average molecular weight is 437 g/mol. The van der Waals surface area contributed by atoms with Crippen LogP contribution >= 0.6 is 11.6 Å². The minimum atomic E-state index is -4.01. The predicted octanol–water partition coefficient (Wildman–Crippen LogP) is 3.94. The number of anilines is 1. The van der Waals surface area contributed by atoms with Crippen molar-refractivity contribution in [3.63, 3.8) is 0 Å². The van der Waals surface area contributed by atoms with Crippen molar-refractivity contribution < 1.29 is 17.9 Å². The molecule has 1 amide bonds. The Morgan fingerprint density at radius 2 is 1.86 bits per heavy atom. The summed E-state index contributed by atoms with van der Waals surface area (Å²) in [5.74, 6) is 0.158. The van der Waals surface area contributed by atoms with Crippen LogP contribution < -0.4 is 9.04 Å². The van der Waals surface area contributed by atoms with E-state index in [-0.39, 0.29) is 23.4 Å². The fourth-order valence-corrected chi connectivity index (χ4v) is 5.10. The molecule has 1 heterocycles. The lowest BCUT2D eigenvalue weighted by Gasteiger charge is -2.35. The van der Waals surface area contributed by atoms with Gasteiger partial charge in [0.2, 0.25) is 5.91 Å². The molecule has 3 rings (SSSR count). The fourth-order valence-electron chi connectivity index (χ4n) is 3.55. The van der Waals surface area contributed by atoms with Gasteiger partial charge in [-0.05, 0) is 62.6 Å². The number of benzene rings is 2. The number of para-hydroxylation sites is 2.